The van der Waals surface area contributed by atoms with Gasteiger partial charge in [-0.05, 0) is 39.8 Å². The highest BCUT2D eigenvalue weighted by Gasteiger charge is 2.42. The second-order valence-electron chi connectivity index (χ2n) is 5.60. The lowest BCUT2D eigenvalue weighted by molar-refractivity contribution is -0.142. The normalized spacial score (nSPS) is 13.4. The monoisotopic (exact) mass is 419 g/mol. The van der Waals surface area contributed by atoms with Gasteiger partial charge in [-0.15, -0.1) is 5.11 Å². The lowest BCUT2D eigenvalue weighted by Crippen LogP contribution is -2.31. The van der Waals surface area contributed by atoms with Crippen molar-refractivity contribution in [2.24, 2.45) is 10.3 Å². The third kappa shape index (κ3) is 5.09. The maximum atomic E-state index is 13.1. The molecule has 10 heteroatoms. The lowest BCUT2D eigenvalue weighted by Gasteiger charge is -2.26. The summed E-state index contributed by atoms with van der Waals surface area (Å²) in [5.74, 6) is 0. The quantitative estimate of drug-likeness (QED) is 0.306. The van der Waals surface area contributed by atoms with Crippen LogP contribution in [0.4, 0.5) is 32.0 Å². The van der Waals surface area contributed by atoms with Crippen molar-refractivity contribution in [3.63, 3.8) is 0 Å². The van der Waals surface area contributed by atoms with E-state index >= 15 is 0 Å². The van der Waals surface area contributed by atoms with E-state index in [4.69, 9.17) is 0 Å². The number of hydrogen-bond donors (Lipinski definition) is 0. The standard InChI is InChI=1S/C14H16BrF6N3/c1-7(2)24(8(3)4)23-22-12-10(13(16,17)18)5-9(15)6-11(12)14(19,20)21/h5-8H,1-4H3. The van der Waals surface area contributed by atoms with Crippen molar-refractivity contribution >= 4 is 21.6 Å². The minimum absolute atomic E-state index is 0.243. The van der Waals surface area contributed by atoms with Gasteiger partial charge in [-0.2, -0.15) is 26.3 Å². The molecule has 1 rings (SSSR count). The van der Waals surface area contributed by atoms with Crippen LogP contribution in [0.3, 0.4) is 0 Å². The van der Waals surface area contributed by atoms with E-state index in [1.165, 1.54) is 5.01 Å². The number of rotatable bonds is 4. The van der Waals surface area contributed by atoms with Crippen molar-refractivity contribution in [2.45, 2.75) is 52.1 Å². The van der Waals surface area contributed by atoms with Gasteiger partial charge in [0.2, 0.25) is 0 Å². The maximum Gasteiger partial charge on any atom is 0.418 e. The average molecular weight is 420 g/mol. The Morgan fingerprint density at radius 3 is 1.54 bits per heavy atom. The molecule has 0 aliphatic rings. The summed E-state index contributed by atoms with van der Waals surface area (Å²) < 4.78 is 78.5. The fourth-order valence-electron chi connectivity index (χ4n) is 2.04. The van der Waals surface area contributed by atoms with Gasteiger partial charge in [-0.3, -0.25) is 5.01 Å². The van der Waals surface area contributed by atoms with Crippen LogP contribution in [0.2, 0.25) is 0 Å². The predicted octanol–water partition coefficient (Wildman–Crippen LogP) is 6.60. The first-order valence-electron chi connectivity index (χ1n) is 6.93. The molecule has 0 aromatic heterocycles. The summed E-state index contributed by atoms with van der Waals surface area (Å²) in [4.78, 5) is 0. The molecular weight excluding hydrogens is 404 g/mol. The number of hydrogen-bond acceptors (Lipinski definition) is 2. The molecule has 0 heterocycles. The average Bonchev–Trinajstić information content (AvgIpc) is 2.36. The molecule has 136 valence electrons. The van der Waals surface area contributed by atoms with Crippen molar-refractivity contribution in [1.29, 1.82) is 0 Å². The molecule has 0 N–H and O–H groups in total. The van der Waals surface area contributed by atoms with Crippen LogP contribution in [0.25, 0.3) is 0 Å². The van der Waals surface area contributed by atoms with Gasteiger partial charge in [0.05, 0.1) is 11.1 Å². The number of alkyl halides is 6. The smallest absolute Gasteiger partial charge is 0.273 e. The molecule has 0 bridgehead atoms. The van der Waals surface area contributed by atoms with Gasteiger partial charge in [0.25, 0.3) is 0 Å². The van der Waals surface area contributed by atoms with Crippen LogP contribution in [0.15, 0.2) is 26.9 Å². The van der Waals surface area contributed by atoms with Gasteiger partial charge in [0.15, 0.2) is 0 Å². The van der Waals surface area contributed by atoms with Crippen molar-refractivity contribution in [1.82, 2.24) is 5.01 Å². The molecule has 0 atom stereocenters. The minimum atomic E-state index is -5.00. The first-order chi connectivity index (χ1) is 10.7. The van der Waals surface area contributed by atoms with Crippen molar-refractivity contribution < 1.29 is 26.3 Å². The highest BCUT2D eigenvalue weighted by Crippen LogP contribution is 2.46. The molecule has 0 radical (unpaired) electrons. The van der Waals surface area contributed by atoms with Crippen molar-refractivity contribution in [3.05, 3.63) is 27.7 Å². The van der Waals surface area contributed by atoms with Crippen LogP contribution in [0, 0.1) is 0 Å². The molecule has 3 nitrogen and oxygen atoms in total. The predicted molar refractivity (Wildman–Crippen MR) is 80.8 cm³/mol. The lowest BCUT2D eigenvalue weighted by atomic mass is 10.1. The summed E-state index contributed by atoms with van der Waals surface area (Å²) >= 11 is 2.68. The van der Waals surface area contributed by atoms with Crippen LogP contribution >= 0.6 is 15.9 Å². The van der Waals surface area contributed by atoms with E-state index < -0.39 is 29.2 Å². The van der Waals surface area contributed by atoms with E-state index in [1.54, 1.807) is 27.7 Å². The molecule has 0 saturated heterocycles. The SMILES string of the molecule is CC(C)N(N=Nc1c(C(F)(F)F)cc(Br)cc1C(F)(F)F)C(C)C. The van der Waals surface area contributed by atoms with E-state index in [1.807, 2.05) is 0 Å². The van der Waals surface area contributed by atoms with Crippen molar-refractivity contribution in [2.75, 3.05) is 0 Å². The third-order valence-corrected chi connectivity index (χ3v) is 3.45. The van der Waals surface area contributed by atoms with E-state index in [2.05, 4.69) is 26.3 Å². The largest absolute Gasteiger partial charge is 0.418 e. The Labute approximate surface area is 143 Å². The van der Waals surface area contributed by atoms with Gasteiger partial charge < -0.3 is 0 Å². The zero-order valence-corrected chi connectivity index (χ0v) is 14.9. The van der Waals surface area contributed by atoms with Gasteiger partial charge >= 0.3 is 12.4 Å². The van der Waals surface area contributed by atoms with Crippen LogP contribution < -0.4 is 0 Å². The Bertz CT molecular complexity index is 565. The summed E-state index contributed by atoms with van der Waals surface area (Å²) in [6.45, 7) is 6.82. The molecule has 24 heavy (non-hydrogen) atoms. The molecule has 0 aliphatic heterocycles. The Balaban J connectivity index is 3.59. The molecule has 1 aromatic carbocycles. The Kier molecular flexibility index (Phi) is 6.29. The van der Waals surface area contributed by atoms with Crippen LogP contribution in [0.1, 0.15) is 38.8 Å². The number of nitrogens with zero attached hydrogens (tertiary/aromatic N) is 3. The van der Waals surface area contributed by atoms with Crippen LogP contribution in [-0.2, 0) is 12.4 Å². The molecular formula is C14H16BrF6N3. The Morgan fingerprint density at radius 2 is 1.25 bits per heavy atom. The number of benzene rings is 1. The highest BCUT2D eigenvalue weighted by atomic mass is 79.9. The highest BCUT2D eigenvalue weighted by molar-refractivity contribution is 9.10. The number of halogens is 7. The van der Waals surface area contributed by atoms with Gasteiger partial charge in [0.1, 0.15) is 5.69 Å². The Hall–Kier alpha value is -1.32. The second kappa shape index (κ2) is 7.28. The zero-order chi connectivity index (χ0) is 18.9. The second-order valence-corrected chi connectivity index (χ2v) is 6.52. The van der Waals surface area contributed by atoms with Gasteiger partial charge in [-0.1, -0.05) is 21.2 Å². The molecule has 0 fully saturated rings. The molecule has 0 saturated carbocycles. The fourth-order valence-corrected chi connectivity index (χ4v) is 2.50. The summed E-state index contributed by atoms with van der Waals surface area (Å²) in [5.41, 5.74) is -4.25. The molecule has 1 aromatic rings. The van der Waals surface area contributed by atoms with Gasteiger partial charge in [-0.25, -0.2) is 0 Å². The summed E-state index contributed by atoms with van der Waals surface area (Å²) in [5, 5.41) is 8.25. The van der Waals surface area contributed by atoms with Crippen LogP contribution in [-0.4, -0.2) is 17.1 Å². The van der Waals surface area contributed by atoms with E-state index in [-0.39, 0.29) is 16.6 Å². The first kappa shape index (κ1) is 20.7. The van der Waals surface area contributed by atoms with E-state index in [0.29, 0.717) is 12.1 Å². The van der Waals surface area contributed by atoms with Crippen LogP contribution in [0.5, 0.6) is 0 Å². The third-order valence-electron chi connectivity index (χ3n) is 2.99. The minimum Gasteiger partial charge on any atom is -0.273 e. The van der Waals surface area contributed by atoms with Gasteiger partial charge in [0, 0.05) is 16.6 Å². The topological polar surface area (TPSA) is 28.0 Å². The zero-order valence-electron chi connectivity index (χ0n) is 13.3. The summed E-state index contributed by atoms with van der Waals surface area (Å²) in [6, 6.07) is 0.623. The molecule has 0 unspecified atom stereocenters. The maximum absolute atomic E-state index is 13.1. The molecule has 0 spiro atoms. The molecule has 0 amide bonds. The Morgan fingerprint density at radius 1 is 0.875 bits per heavy atom. The summed E-state index contributed by atoms with van der Waals surface area (Å²) in [7, 11) is 0. The van der Waals surface area contributed by atoms with E-state index in [9.17, 15) is 26.3 Å². The van der Waals surface area contributed by atoms with Crippen molar-refractivity contribution in [3.8, 4) is 0 Å². The fraction of sp³-hybridized carbons (Fsp3) is 0.571. The first-order valence-corrected chi connectivity index (χ1v) is 7.72. The summed E-state index contributed by atoms with van der Waals surface area (Å²) in [6.07, 6.45) is -10.0. The molecule has 0 aliphatic carbocycles. The van der Waals surface area contributed by atoms with E-state index in [0.717, 1.165) is 0 Å².